The molecule has 9 heteroatoms. The molecular weight excluding hydrogens is 516 g/mol. The molecule has 3 N–H and O–H groups in total. The Hall–Kier alpha value is -3.56. The maximum Gasteiger partial charge on any atom is 0.339 e. The third kappa shape index (κ3) is 5.89. The molecule has 5 rings (SSSR count). The molecule has 1 aliphatic heterocycles. The van der Waals surface area contributed by atoms with Gasteiger partial charge in [0, 0.05) is 25.3 Å². The Bertz CT molecular complexity index is 1320. The summed E-state index contributed by atoms with van der Waals surface area (Å²) in [6.07, 6.45) is 4.54. The van der Waals surface area contributed by atoms with Crippen molar-refractivity contribution in [3.8, 4) is 11.5 Å². The number of nitrogens with one attached hydrogen (secondary N) is 2. The van der Waals surface area contributed by atoms with Crippen molar-refractivity contribution in [3.05, 3.63) is 69.6 Å². The Kier molecular flexibility index (Phi) is 8.38. The van der Waals surface area contributed by atoms with Crippen LogP contribution in [0.25, 0.3) is 0 Å². The number of amides is 1. The second kappa shape index (κ2) is 12.1. The molecule has 2 aromatic carbocycles. The molecule has 1 unspecified atom stereocenters. The first kappa shape index (κ1) is 27.0. The van der Waals surface area contributed by atoms with Gasteiger partial charge in [-0.15, -0.1) is 11.3 Å². The van der Waals surface area contributed by atoms with Crippen molar-refractivity contribution in [2.75, 3.05) is 44.6 Å². The van der Waals surface area contributed by atoms with E-state index in [2.05, 4.69) is 22.8 Å². The van der Waals surface area contributed by atoms with Crippen LogP contribution in [0.15, 0.2) is 41.8 Å². The van der Waals surface area contributed by atoms with Gasteiger partial charge in [0.1, 0.15) is 22.2 Å². The first-order chi connectivity index (χ1) is 19.0. The SMILES string of the molecule is COc1cc(C(=O)Nc2scc(C3CCc4ccccc4C3)c2C(=O)O)cc(OC)c1NCC1CCOCC1. The summed E-state index contributed by atoms with van der Waals surface area (Å²) in [4.78, 5) is 25.7. The number of anilines is 2. The number of aromatic carboxylic acids is 1. The second-order valence-corrected chi connectivity index (χ2v) is 10.9. The van der Waals surface area contributed by atoms with Crippen molar-refractivity contribution in [2.24, 2.45) is 5.92 Å². The fraction of sp³-hybridized carbons (Fsp3) is 0.400. The highest BCUT2D eigenvalue weighted by Gasteiger charge is 2.29. The molecule has 0 bridgehead atoms. The van der Waals surface area contributed by atoms with Gasteiger partial charge in [-0.3, -0.25) is 4.79 Å². The summed E-state index contributed by atoms with van der Waals surface area (Å²) in [7, 11) is 3.10. The number of carboxylic acids is 1. The van der Waals surface area contributed by atoms with Crippen LogP contribution in [0.1, 0.15) is 62.6 Å². The molecule has 0 saturated carbocycles. The van der Waals surface area contributed by atoms with Crippen molar-refractivity contribution < 1.29 is 28.9 Å². The Balaban J connectivity index is 1.36. The number of ether oxygens (including phenoxy) is 3. The van der Waals surface area contributed by atoms with Gasteiger partial charge in [0.2, 0.25) is 0 Å². The maximum atomic E-state index is 13.3. The molecule has 2 heterocycles. The molecule has 8 nitrogen and oxygen atoms in total. The fourth-order valence-corrected chi connectivity index (χ4v) is 6.57. The molecule has 1 aromatic heterocycles. The van der Waals surface area contributed by atoms with Crippen LogP contribution in [0.2, 0.25) is 0 Å². The van der Waals surface area contributed by atoms with Gasteiger partial charge in [-0.2, -0.15) is 0 Å². The number of hydrogen-bond donors (Lipinski definition) is 3. The average Bonchev–Trinajstić information content (AvgIpc) is 3.39. The van der Waals surface area contributed by atoms with Gasteiger partial charge in [-0.1, -0.05) is 24.3 Å². The summed E-state index contributed by atoms with van der Waals surface area (Å²) >= 11 is 1.25. The molecule has 1 amide bonds. The Morgan fingerprint density at radius 2 is 1.74 bits per heavy atom. The Labute approximate surface area is 232 Å². The Morgan fingerprint density at radius 1 is 1.05 bits per heavy atom. The highest BCUT2D eigenvalue weighted by molar-refractivity contribution is 7.15. The number of carbonyl (C=O) groups excluding carboxylic acids is 1. The number of carboxylic acid groups (broad SMARTS) is 1. The van der Waals surface area contributed by atoms with Gasteiger partial charge in [0.15, 0.2) is 0 Å². The van der Waals surface area contributed by atoms with Crippen LogP contribution in [-0.4, -0.2) is 51.0 Å². The molecule has 1 saturated heterocycles. The highest BCUT2D eigenvalue weighted by atomic mass is 32.1. The topological polar surface area (TPSA) is 106 Å². The summed E-state index contributed by atoms with van der Waals surface area (Å²) in [5.41, 5.74) is 4.53. The van der Waals surface area contributed by atoms with Crippen molar-refractivity contribution >= 4 is 33.9 Å². The molecule has 0 spiro atoms. The number of fused-ring (bicyclic) bond motifs is 1. The molecule has 2 aliphatic rings. The second-order valence-electron chi connectivity index (χ2n) is 10.1. The zero-order valence-electron chi connectivity index (χ0n) is 22.2. The minimum Gasteiger partial charge on any atom is -0.494 e. The molecule has 3 aromatic rings. The van der Waals surface area contributed by atoms with Crippen molar-refractivity contribution in [1.82, 2.24) is 0 Å². The lowest BCUT2D eigenvalue weighted by Gasteiger charge is -2.24. The molecule has 206 valence electrons. The van der Waals surface area contributed by atoms with E-state index in [1.807, 2.05) is 17.5 Å². The van der Waals surface area contributed by atoms with Crippen LogP contribution in [0.3, 0.4) is 0 Å². The number of thiophene rings is 1. The van der Waals surface area contributed by atoms with Gasteiger partial charge >= 0.3 is 5.97 Å². The summed E-state index contributed by atoms with van der Waals surface area (Å²) in [5, 5.41) is 18.6. The van der Waals surface area contributed by atoms with E-state index in [1.165, 1.54) is 22.5 Å². The van der Waals surface area contributed by atoms with Crippen molar-refractivity contribution in [2.45, 2.75) is 38.0 Å². The summed E-state index contributed by atoms with van der Waals surface area (Å²) in [5.74, 6) is 0.0802. The standard InChI is InChI=1S/C30H34N2O6S/c1-36-24-14-22(15-25(37-2)27(24)31-16-18-9-11-38-12-10-18)28(33)32-29-26(30(34)35)23(17-39-29)21-8-7-19-5-3-4-6-20(19)13-21/h3-6,14-15,17-18,21,31H,7-13,16H2,1-2H3,(H,32,33)(H,34,35). The van der Waals surface area contributed by atoms with Crippen LogP contribution in [0.4, 0.5) is 10.7 Å². The predicted octanol–water partition coefficient (Wildman–Crippen LogP) is 5.83. The lowest BCUT2D eigenvalue weighted by Crippen LogP contribution is -2.23. The first-order valence-corrected chi connectivity index (χ1v) is 14.2. The van der Waals surface area contributed by atoms with E-state index in [-0.39, 0.29) is 11.5 Å². The van der Waals surface area contributed by atoms with Crippen LogP contribution >= 0.6 is 11.3 Å². The van der Waals surface area contributed by atoms with E-state index >= 15 is 0 Å². The zero-order chi connectivity index (χ0) is 27.4. The zero-order valence-corrected chi connectivity index (χ0v) is 23.1. The fourth-order valence-electron chi connectivity index (χ4n) is 5.54. The van der Waals surface area contributed by atoms with E-state index < -0.39 is 11.9 Å². The lowest BCUT2D eigenvalue weighted by atomic mass is 9.80. The minimum absolute atomic E-state index is 0.0918. The van der Waals surface area contributed by atoms with E-state index in [9.17, 15) is 14.7 Å². The number of carbonyl (C=O) groups is 2. The number of aryl methyl sites for hydroxylation is 1. The monoisotopic (exact) mass is 550 g/mol. The lowest BCUT2D eigenvalue weighted by molar-refractivity contribution is 0.0694. The molecular formula is C30H34N2O6S. The van der Waals surface area contributed by atoms with E-state index in [1.54, 1.807) is 26.4 Å². The maximum absolute atomic E-state index is 13.3. The van der Waals surface area contributed by atoms with E-state index in [0.717, 1.165) is 57.4 Å². The Morgan fingerprint density at radius 3 is 2.41 bits per heavy atom. The number of benzene rings is 2. The quantitative estimate of drug-likeness (QED) is 0.308. The van der Waals surface area contributed by atoms with Gasteiger partial charge in [0.25, 0.3) is 5.91 Å². The van der Waals surface area contributed by atoms with Crippen LogP contribution in [0.5, 0.6) is 11.5 Å². The third-order valence-electron chi connectivity index (χ3n) is 7.72. The minimum atomic E-state index is -1.04. The first-order valence-electron chi connectivity index (χ1n) is 13.3. The van der Waals surface area contributed by atoms with Crippen molar-refractivity contribution in [3.63, 3.8) is 0 Å². The average molecular weight is 551 g/mol. The number of rotatable bonds is 9. The van der Waals surface area contributed by atoms with Crippen LogP contribution in [0, 0.1) is 5.92 Å². The van der Waals surface area contributed by atoms with Crippen LogP contribution < -0.4 is 20.1 Å². The largest absolute Gasteiger partial charge is 0.494 e. The number of hydrogen-bond acceptors (Lipinski definition) is 7. The van der Waals surface area contributed by atoms with E-state index in [0.29, 0.717) is 33.7 Å². The highest BCUT2D eigenvalue weighted by Crippen LogP contribution is 2.41. The van der Waals surface area contributed by atoms with Gasteiger partial charge in [-0.05, 0) is 78.1 Å². The van der Waals surface area contributed by atoms with Gasteiger partial charge in [-0.25, -0.2) is 4.79 Å². The van der Waals surface area contributed by atoms with E-state index in [4.69, 9.17) is 14.2 Å². The van der Waals surface area contributed by atoms with Crippen LogP contribution in [-0.2, 0) is 17.6 Å². The normalized spacial score (nSPS) is 17.2. The summed E-state index contributed by atoms with van der Waals surface area (Å²) < 4.78 is 16.7. The molecule has 1 aliphatic carbocycles. The molecule has 1 fully saturated rings. The smallest absolute Gasteiger partial charge is 0.339 e. The summed E-state index contributed by atoms with van der Waals surface area (Å²) in [6.45, 7) is 2.26. The van der Waals surface area contributed by atoms with Crippen molar-refractivity contribution in [1.29, 1.82) is 0 Å². The molecule has 39 heavy (non-hydrogen) atoms. The number of methoxy groups -OCH3 is 2. The molecule has 1 atom stereocenters. The molecule has 0 radical (unpaired) electrons. The summed E-state index contributed by atoms with van der Waals surface area (Å²) in [6, 6.07) is 11.6. The third-order valence-corrected chi connectivity index (χ3v) is 8.64. The van der Waals surface area contributed by atoms with Gasteiger partial charge < -0.3 is 30.0 Å². The van der Waals surface area contributed by atoms with Gasteiger partial charge in [0.05, 0.1) is 19.8 Å². The predicted molar refractivity (Wildman–Crippen MR) is 152 cm³/mol.